The normalized spacial score (nSPS) is 17.7. The minimum atomic E-state index is -1.19. The summed E-state index contributed by atoms with van der Waals surface area (Å²) in [5.74, 6) is 0.478. The molecule has 32 heavy (non-hydrogen) atoms. The molecular weight excluding hydrogens is 406 g/mol. The van der Waals surface area contributed by atoms with E-state index in [0.29, 0.717) is 17.1 Å². The molecule has 4 amide bonds. The van der Waals surface area contributed by atoms with Crippen molar-refractivity contribution in [3.8, 4) is 11.5 Å². The lowest BCUT2D eigenvalue weighted by Gasteiger charge is -2.22. The van der Waals surface area contributed by atoms with Crippen LogP contribution in [-0.2, 0) is 21.7 Å². The number of carbonyl (C=O) groups is 3. The monoisotopic (exact) mass is 429 g/mol. The maximum Gasteiger partial charge on any atom is 0.325 e. The predicted molar refractivity (Wildman–Crippen MR) is 119 cm³/mol. The van der Waals surface area contributed by atoms with E-state index in [1.54, 1.807) is 31.2 Å². The zero-order chi connectivity index (χ0) is 22.6. The van der Waals surface area contributed by atoms with Crippen molar-refractivity contribution < 1.29 is 19.1 Å². The van der Waals surface area contributed by atoms with Crippen LogP contribution in [0.4, 0.5) is 4.79 Å². The van der Waals surface area contributed by atoms with Crippen molar-refractivity contribution in [2.24, 2.45) is 0 Å². The maximum absolute atomic E-state index is 12.9. The number of para-hydroxylation sites is 1. The summed E-state index contributed by atoms with van der Waals surface area (Å²) in [5, 5.41) is 5.45. The number of hydrogen-bond donors (Lipinski definition) is 2. The number of benzene rings is 3. The Hall–Kier alpha value is -4.13. The molecule has 1 atom stereocenters. The summed E-state index contributed by atoms with van der Waals surface area (Å²) in [6, 6.07) is 25.1. The third kappa shape index (κ3) is 4.46. The molecule has 3 aromatic rings. The molecule has 1 unspecified atom stereocenters. The average molecular weight is 429 g/mol. The van der Waals surface area contributed by atoms with Crippen molar-refractivity contribution >= 4 is 17.8 Å². The number of nitrogens with zero attached hydrogens (tertiary/aromatic N) is 1. The van der Waals surface area contributed by atoms with E-state index in [0.717, 1.165) is 10.5 Å². The highest BCUT2D eigenvalue weighted by Gasteiger charge is 2.49. The van der Waals surface area contributed by atoms with Crippen molar-refractivity contribution in [2.75, 3.05) is 6.54 Å². The van der Waals surface area contributed by atoms with Crippen LogP contribution in [0.2, 0.25) is 0 Å². The molecule has 4 rings (SSSR count). The second kappa shape index (κ2) is 8.93. The molecule has 1 aliphatic rings. The molecule has 1 saturated heterocycles. The molecule has 2 N–H and O–H groups in total. The number of ether oxygens (including phenoxy) is 1. The van der Waals surface area contributed by atoms with E-state index in [9.17, 15) is 14.4 Å². The van der Waals surface area contributed by atoms with Gasteiger partial charge in [-0.3, -0.25) is 14.5 Å². The van der Waals surface area contributed by atoms with E-state index >= 15 is 0 Å². The Morgan fingerprint density at radius 1 is 0.938 bits per heavy atom. The molecular formula is C25H23N3O4. The van der Waals surface area contributed by atoms with Gasteiger partial charge in [-0.2, -0.15) is 0 Å². The fourth-order valence-electron chi connectivity index (χ4n) is 3.55. The molecule has 0 spiro atoms. The Morgan fingerprint density at radius 3 is 2.31 bits per heavy atom. The second-order valence-corrected chi connectivity index (χ2v) is 7.65. The Balaban J connectivity index is 1.36. The van der Waals surface area contributed by atoms with Gasteiger partial charge in [0.15, 0.2) is 0 Å². The third-order valence-electron chi connectivity index (χ3n) is 5.29. The van der Waals surface area contributed by atoms with Gasteiger partial charge >= 0.3 is 6.03 Å². The van der Waals surface area contributed by atoms with E-state index in [1.807, 2.05) is 60.7 Å². The largest absolute Gasteiger partial charge is 0.457 e. The van der Waals surface area contributed by atoms with Gasteiger partial charge in [-0.25, -0.2) is 4.79 Å². The summed E-state index contributed by atoms with van der Waals surface area (Å²) in [4.78, 5) is 38.7. The number of nitrogens with one attached hydrogen (secondary N) is 2. The van der Waals surface area contributed by atoms with Gasteiger partial charge in [0.1, 0.15) is 23.6 Å². The summed E-state index contributed by atoms with van der Waals surface area (Å²) in [6.45, 7) is 1.52. The summed E-state index contributed by atoms with van der Waals surface area (Å²) in [6.07, 6.45) is 0. The molecule has 0 bridgehead atoms. The highest BCUT2D eigenvalue weighted by molar-refractivity contribution is 6.09. The quantitative estimate of drug-likeness (QED) is 0.562. The van der Waals surface area contributed by atoms with Crippen molar-refractivity contribution in [2.45, 2.75) is 19.0 Å². The molecule has 1 aliphatic heterocycles. The van der Waals surface area contributed by atoms with Gasteiger partial charge < -0.3 is 15.4 Å². The van der Waals surface area contributed by atoms with Gasteiger partial charge in [0.25, 0.3) is 5.91 Å². The van der Waals surface area contributed by atoms with Crippen LogP contribution >= 0.6 is 0 Å². The zero-order valence-electron chi connectivity index (χ0n) is 17.6. The molecule has 0 aromatic heterocycles. The first-order valence-electron chi connectivity index (χ1n) is 10.2. The molecule has 1 heterocycles. The van der Waals surface area contributed by atoms with Gasteiger partial charge in [0.2, 0.25) is 5.91 Å². The average Bonchev–Trinajstić information content (AvgIpc) is 3.03. The van der Waals surface area contributed by atoms with E-state index < -0.39 is 23.4 Å². The van der Waals surface area contributed by atoms with Gasteiger partial charge in [-0.15, -0.1) is 0 Å². The molecule has 0 radical (unpaired) electrons. The lowest BCUT2D eigenvalue weighted by molar-refractivity contribution is -0.134. The van der Waals surface area contributed by atoms with Crippen LogP contribution < -0.4 is 15.4 Å². The van der Waals surface area contributed by atoms with Crippen molar-refractivity contribution in [3.63, 3.8) is 0 Å². The minimum Gasteiger partial charge on any atom is -0.457 e. The molecule has 1 fully saturated rings. The van der Waals surface area contributed by atoms with Crippen LogP contribution in [0.5, 0.6) is 11.5 Å². The number of hydrogen-bond acceptors (Lipinski definition) is 4. The number of urea groups is 1. The van der Waals surface area contributed by atoms with Crippen LogP contribution in [0.3, 0.4) is 0 Å². The number of rotatable bonds is 7. The second-order valence-electron chi connectivity index (χ2n) is 7.65. The van der Waals surface area contributed by atoms with Crippen molar-refractivity contribution in [3.05, 3.63) is 96.1 Å². The fourth-order valence-corrected chi connectivity index (χ4v) is 3.55. The molecule has 7 heteroatoms. The maximum atomic E-state index is 12.9. The first-order chi connectivity index (χ1) is 15.5. The van der Waals surface area contributed by atoms with Crippen LogP contribution in [0, 0.1) is 0 Å². The van der Waals surface area contributed by atoms with E-state index in [2.05, 4.69) is 10.6 Å². The van der Waals surface area contributed by atoms with Crippen LogP contribution in [0.25, 0.3) is 0 Å². The third-order valence-corrected chi connectivity index (χ3v) is 5.29. The van der Waals surface area contributed by atoms with E-state index in [4.69, 9.17) is 4.74 Å². The zero-order valence-corrected chi connectivity index (χ0v) is 17.6. The summed E-state index contributed by atoms with van der Waals surface area (Å²) >= 11 is 0. The number of imide groups is 1. The van der Waals surface area contributed by atoms with Gasteiger partial charge in [-0.1, -0.05) is 60.7 Å². The number of amides is 4. The Labute approximate surface area is 186 Å². The molecule has 7 nitrogen and oxygen atoms in total. The molecule has 3 aromatic carbocycles. The van der Waals surface area contributed by atoms with Crippen LogP contribution in [0.15, 0.2) is 84.9 Å². The Morgan fingerprint density at radius 2 is 1.59 bits per heavy atom. The molecule has 0 aliphatic carbocycles. The lowest BCUT2D eigenvalue weighted by Crippen LogP contribution is -2.43. The lowest BCUT2D eigenvalue weighted by atomic mass is 9.92. The first-order valence-corrected chi connectivity index (χ1v) is 10.2. The van der Waals surface area contributed by atoms with Crippen molar-refractivity contribution in [1.29, 1.82) is 0 Å². The van der Waals surface area contributed by atoms with E-state index in [1.165, 1.54) is 0 Å². The standard InChI is InChI=1S/C25H23N3O4/c1-25(19-10-4-2-5-11-19)23(30)28(24(31)27-25)17-22(29)26-16-18-9-8-14-21(15-18)32-20-12-6-3-7-13-20/h2-15H,16-17H2,1H3,(H,26,29)(H,27,31). The Kier molecular flexibility index (Phi) is 5.89. The highest BCUT2D eigenvalue weighted by Crippen LogP contribution is 2.28. The smallest absolute Gasteiger partial charge is 0.325 e. The SMILES string of the molecule is CC1(c2ccccc2)NC(=O)N(CC(=O)NCc2cccc(Oc3ccccc3)c2)C1=O. The highest BCUT2D eigenvalue weighted by atomic mass is 16.5. The first kappa shape index (κ1) is 21.1. The summed E-state index contributed by atoms with van der Waals surface area (Å²) in [7, 11) is 0. The molecule has 162 valence electrons. The van der Waals surface area contributed by atoms with E-state index in [-0.39, 0.29) is 13.1 Å². The number of carbonyl (C=O) groups excluding carboxylic acids is 3. The topological polar surface area (TPSA) is 87.7 Å². The fraction of sp³-hybridized carbons (Fsp3) is 0.160. The van der Waals surface area contributed by atoms with Gasteiger partial charge in [-0.05, 0) is 42.3 Å². The van der Waals surface area contributed by atoms with Crippen molar-refractivity contribution in [1.82, 2.24) is 15.5 Å². The predicted octanol–water partition coefficient (Wildman–Crippen LogP) is 3.56. The summed E-state index contributed by atoms with van der Waals surface area (Å²) in [5.41, 5.74) is 0.302. The van der Waals surface area contributed by atoms with Crippen LogP contribution in [0.1, 0.15) is 18.1 Å². The molecule has 0 saturated carbocycles. The Bertz CT molecular complexity index is 1130. The van der Waals surface area contributed by atoms with Crippen LogP contribution in [-0.4, -0.2) is 29.3 Å². The minimum absolute atomic E-state index is 0.241. The van der Waals surface area contributed by atoms with Gasteiger partial charge in [0.05, 0.1) is 0 Å². The summed E-state index contributed by atoms with van der Waals surface area (Å²) < 4.78 is 5.81. The van der Waals surface area contributed by atoms with Gasteiger partial charge in [0, 0.05) is 6.54 Å².